The molecule has 0 spiro atoms. The third-order valence-electron chi connectivity index (χ3n) is 4.94. The summed E-state index contributed by atoms with van der Waals surface area (Å²) in [6.45, 7) is 4.23. The van der Waals surface area contributed by atoms with Crippen molar-refractivity contribution in [3.05, 3.63) is 71.9 Å². The Labute approximate surface area is 195 Å². The van der Waals surface area contributed by atoms with Gasteiger partial charge < -0.3 is 20.5 Å². The van der Waals surface area contributed by atoms with Crippen molar-refractivity contribution in [1.82, 2.24) is 20.5 Å². The van der Waals surface area contributed by atoms with Gasteiger partial charge in [-0.3, -0.25) is 9.79 Å². The average molecular weight is 519 g/mol. The standard InChI is InChI=1S/C23H29N5O.HI/c1-3-28(17-18-9-5-4-6-10-18)22(29)16-27-23(24-2)25-14-13-19-15-26-21-12-8-7-11-20(19)21;/h4-12,15,26H,3,13-14,16-17H2,1-2H3,(H2,24,25,27);1H. The largest absolute Gasteiger partial charge is 0.361 e. The van der Waals surface area contributed by atoms with Gasteiger partial charge in [0.15, 0.2) is 5.96 Å². The quantitative estimate of drug-likeness (QED) is 0.242. The molecule has 0 radical (unpaired) electrons. The van der Waals surface area contributed by atoms with Gasteiger partial charge in [-0.2, -0.15) is 0 Å². The zero-order chi connectivity index (χ0) is 20.5. The Morgan fingerprint density at radius 2 is 1.80 bits per heavy atom. The van der Waals surface area contributed by atoms with Crippen LogP contribution in [0.25, 0.3) is 10.9 Å². The molecule has 6 nitrogen and oxygen atoms in total. The number of likely N-dealkylation sites (N-methyl/N-ethyl adjacent to an activating group) is 1. The molecule has 0 unspecified atom stereocenters. The molecule has 1 heterocycles. The van der Waals surface area contributed by atoms with E-state index in [-0.39, 0.29) is 36.4 Å². The van der Waals surface area contributed by atoms with Crippen LogP contribution >= 0.6 is 24.0 Å². The molecule has 0 saturated heterocycles. The number of nitrogens with one attached hydrogen (secondary N) is 3. The number of rotatable bonds is 8. The highest BCUT2D eigenvalue weighted by Gasteiger charge is 2.12. The number of benzene rings is 2. The molecule has 3 rings (SSSR count). The average Bonchev–Trinajstić information content (AvgIpc) is 3.18. The van der Waals surface area contributed by atoms with Crippen LogP contribution in [0.5, 0.6) is 0 Å². The maximum absolute atomic E-state index is 12.6. The molecule has 7 heteroatoms. The third kappa shape index (κ3) is 6.48. The summed E-state index contributed by atoms with van der Waals surface area (Å²) in [7, 11) is 1.72. The molecule has 0 saturated carbocycles. The van der Waals surface area contributed by atoms with Gasteiger partial charge in [-0.25, -0.2) is 0 Å². The number of aliphatic imine (C=N–C) groups is 1. The van der Waals surface area contributed by atoms with E-state index in [1.165, 1.54) is 10.9 Å². The molecule has 0 fully saturated rings. The number of guanidine groups is 1. The minimum absolute atomic E-state index is 0. The van der Waals surface area contributed by atoms with Crippen LogP contribution in [0.4, 0.5) is 0 Å². The van der Waals surface area contributed by atoms with E-state index in [4.69, 9.17) is 0 Å². The first-order valence-electron chi connectivity index (χ1n) is 10.0. The molecule has 0 aliphatic carbocycles. The second kappa shape index (κ2) is 12.2. The number of nitrogens with zero attached hydrogens (tertiary/aromatic N) is 2. The van der Waals surface area contributed by atoms with Crippen LogP contribution in [0.15, 0.2) is 65.8 Å². The van der Waals surface area contributed by atoms with Crippen molar-refractivity contribution in [2.24, 2.45) is 4.99 Å². The van der Waals surface area contributed by atoms with E-state index in [0.29, 0.717) is 19.0 Å². The van der Waals surface area contributed by atoms with Crippen LogP contribution in [0.1, 0.15) is 18.1 Å². The number of aromatic nitrogens is 1. The zero-order valence-electron chi connectivity index (χ0n) is 17.5. The molecule has 3 N–H and O–H groups in total. The molecule has 0 bridgehead atoms. The summed E-state index contributed by atoms with van der Waals surface area (Å²) in [6, 6.07) is 18.3. The lowest BCUT2D eigenvalue weighted by molar-refractivity contribution is -0.130. The van der Waals surface area contributed by atoms with Crippen LogP contribution in [0, 0.1) is 0 Å². The summed E-state index contributed by atoms with van der Waals surface area (Å²) >= 11 is 0. The van der Waals surface area contributed by atoms with Crippen LogP contribution in [-0.2, 0) is 17.8 Å². The number of H-pyrrole nitrogens is 1. The van der Waals surface area contributed by atoms with E-state index >= 15 is 0 Å². The Morgan fingerprint density at radius 1 is 1.07 bits per heavy atom. The van der Waals surface area contributed by atoms with E-state index in [1.54, 1.807) is 7.05 Å². The second-order valence-electron chi connectivity index (χ2n) is 6.86. The first-order chi connectivity index (χ1) is 14.2. The number of halogens is 1. The summed E-state index contributed by atoms with van der Waals surface area (Å²) in [6.07, 6.45) is 2.92. The number of carbonyl (C=O) groups is 1. The van der Waals surface area contributed by atoms with Gasteiger partial charge in [-0.1, -0.05) is 48.5 Å². The maximum atomic E-state index is 12.6. The fraction of sp³-hybridized carbons (Fsp3) is 0.304. The van der Waals surface area contributed by atoms with Gasteiger partial charge >= 0.3 is 0 Å². The minimum Gasteiger partial charge on any atom is -0.361 e. The Kier molecular flexibility index (Phi) is 9.66. The van der Waals surface area contributed by atoms with E-state index in [9.17, 15) is 4.79 Å². The van der Waals surface area contributed by atoms with Gasteiger partial charge in [0.2, 0.25) is 5.91 Å². The summed E-state index contributed by atoms with van der Waals surface area (Å²) in [4.78, 5) is 21.9. The number of amides is 1. The predicted molar refractivity (Wildman–Crippen MR) is 134 cm³/mol. The Balaban J connectivity index is 0.00000320. The van der Waals surface area contributed by atoms with E-state index in [0.717, 1.165) is 24.0 Å². The Hall–Kier alpha value is -2.55. The first kappa shape index (κ1) is 23.7. The van der Waals surface area contributed by atoms with E-state index in [2.05, 4.69) is 38.9 Å². The number of carbonyl (C=O) groups excluding carboxylic acids is 1. The second-order valence-corrected chi connectivity index (χ2v) is 6.86. The van der Waals surface area contributed by atoms with Crippen molar-refractivity contribution in [3.8, 4) is 0 Å². The molecule has 2 aromatic carbocycles. The number of hydrogen-bond donors (Lipinski definition) is 3. The molecule has 0 aliphatic rings. The van der Waals surface area contributed by atoms with E-state index in [1.807, 2.05) is 54.3 Å². The number of fused-ring (bicyclic) bond motifs is 1. The van der Waals surface area contributed by atoms with Crippen LogP contribution in [0.2, 0.25) is 0 Å². The molecule has 3 aromatic rings. The van der Waals surface area contributed by atoms with Gasteiger partial charge in [-0.15, -0.1) is 24.0 Å². The van der Waals surface area contributed by atoms with Crippen molar-refractivity contribution in [3.63, 3.8) is 0 Å². The Bertz CT molecular complexity index is 954. The molecular weight excluding hydrogens is 489 g/mol. The highest BCUT2D eigenvalue weighted by atomic mass is 127. The molecule has 1 aromatic heterocycles. The third-order valence-corrected chi connectivity index (χ3v) is 4.94. The number of aromatic amines is 1. The maximum Gasteiger partial charge on any atom is 0.242 e. The van der Waals surface area contributed by atoms with Crippen molar-refractivity contribution in [2.45, 2.75) is 19.9 Å². The van der Waals surface area contributed by atoms with Crippen molar-refractivity contribution < 1.29 is 4.79 Å². The minimum atomic E-state index is 0. The monoisotopic (exact) mass is 519 g/mol. The molecule has 160 valence electrons. The van der Waals surface area contributed by atoms with Gasteiger partial charge in [0, 0.05) is 43.8 Å². The van der Waals surface area contributed by atoms with Crippen molar-refractivity contribution >= 4 is 46.7 Å². The molecular formula is C23H30IN5O. The summed E-state index contributed by atoms with van der Waals surface area (Å²) in [5, 5.41) is 7.66. The highest BCUT2D eigenvalue weighted by molar-refractivity contribution is 14.0. The molecule has 1 amide bonds. The number of para-hydroxylation sites is 1. The van der Waals surface area contributed by atoms with Crippen molar-refractivity contribution in [1.29, 1.82) is 0 Å². The lowest BCUT2D eigenvalue weighted by atomic mass is 10.1. The van der Waals surface area contributed by atoms with E-state index < -0.39 is 0 Å². The van der Waals surface area contributed by atoms with Gasteiger partial charge in [0.25, 0.3) is 0 Å². The van der Waals surface area contributed by atoms with Gasteiger partial charge in [0.05, 0.1) is 6.54 Å². The molecule has 0 aliphatic heterocycles. The van der Waals surface area contributed by atoms with Crippen molar-refractivity contribution in [2.75, 3.05) is 26.7 Å². The lowest BCUT2D eigenvalue weighted by Crippen LogP contribution is -2.44. The summed E-state index contributed by atoms with van der Waals surface area (Å²) in [5.41, 5.74) is 3.54. The fourth-order valence-electron chi connectivity index (χ4n) is 3.33. The van der Waals surface area contributed by atoms with Crippen LogP contribution < -0.4 is 10.6 Å². The highest BCUT2D eigenvalue weighted by Crippen LogP contribution is 2.17. The van der Waals surface area contributed by atoms with Gasteiger partial charge in [-0.05, 0) is 30.5 Å². The topological polar surface area (TPSA) is 72.5 Å². The predicted octanol–water partition coefficient (Wildman–Crippen LogP) is 3.54. The normalized spacial score (nSPS) is 11.1. The molecule has 30 heavy (non-hydrogen) atoms. The SMILES string of the molecule is CCN(Cc1ccccc1)C(=O)CNC(=NC)NCCc1c[nH]c2ccccc12.I. The zero-order valence-corrected chi connectivity index (χ0v) is 19.9. The Morgan fingerprint density at radius 3 is 2.53 bits per heavy atom. The lowest BCUT2D eigenvalue weighted by Gasteiger charge is -2.22. The molecule has 0 atom stereocenters. The summed E-state index contributed by atoms with van der Waals surface area (Å²) in [5.74, 6) is 0.685. The van der Waals surface area contributed by atoms with Crippen LogP contribution in [0.3, 0.4) is 0 Å². The fourth-order valence-corrected chi connectivity index (χ4v) is 3.33. The first-order valence-corrected chi connectivity index (χ1v) is 10.0. The van der Waals surface area contributed by atoms with Gasteiger partial charge in [0.1, 0.15) is 0 Å². The van der Waals surface area contributed by atoms with Crippen LogP contribution in [-0.4, -0.2) is 48.4 Å². The smallest absolute Gasteiger partial charge is 0.242 e. The number of hydrogen-bond acceptors (Lipinski definition) is 2. The summed E-state index contributed by atoms with van der Waals surface area (Å²) < 4.78 is 0.